The summed E-state index contributed by atoms with van der Waals surface area (Å²) in [6.07, 6.45) is 0. The second-order valence-electron chi connectivity index (χ2n) is 7.73. The Hall–Kier alpha value is -2.37. The van der Waals surface area contributed by atoms with Crippen molar-refractivity contribution in [1.82, 2.24) is 14.7 Å². The Morgan fingerprint density at radius 2 is 1.75 bits per heavy atom. The summed E-state index contributed by atoms with van der Waals surface area (Å²) in [6.45, 7) is 6.25. The number of carbonyl (C=O) groups excluding carboxylic acids is 1. The van der Waals surface area contributed by atoms with Crippen LogP contribution in [0.4, 0.5) is 0 Å². The number of amides is 1. The van der Waals surface area contributed by atoms with E-state index in [2.05, 4.69) is 48.2 Å². The predicted octanol–water partition coefficient (Wildman–Crippen LogP) is 2.95. The molecule has 2 aromatic rings. The first-order chi connectivity index (χ1) is 13.5. The van der Waals surface area contributed by atoms with E-state index in [4.69, 9.17) is 4.74 Å². The number of nitrogens with zero attached hydrogens (tertiary/aromatic N) is 3. The molecule has 1 atom stereocenters. The van der Waals surface area contributed by atoms with Gasteiger partial charge in [-0.05, 0) is 44.3 Å². The van der Waals surface area contributed by atoms with Gasteiger partial charge in [0.1, 0.15) is 11.8 Å². The van der Waals surface area contributed by atoms with Crippen LogP contribution in [0.3, 0.4) is 0 Å². The molecule has 5 heteroatoms. The van der Waals surface area contributed by atoms with Crippen molar-refractivity contribution in [2.24, 2.45) is 0 Å². The number of aryl methyl sites for hydroxylation is 1. The molecule has 0 aromatic heterocycles. The van der Waals surface area contributed by atoms with Crippen molar-refractivity contribution >= 4 is 5.91 Å². The van der Waals surface area contributed by atoms with Gasteiger partial charge in [0, 0.05) is 32.7 Å². The summed E-state index contributed by atoms with van der Waals surface area (Å²) in [4.78, 5) is 19.6. The fourth-order valence-electron chi connectivity index (χ4n) is 3.74. The molecule has 0 N–H and O–H groups in total. The largest absolute Gasteiger partial charge is 0.497 e. The van der Waals surface area contributed by atoms with Crippen LogP contribution in [0.5, 0.6) is 5.75 Å². The third-order valence-corrected chi connectivity index (χ3v) is 5.37. The Kier molecular flexibility index (Phi) is 6.70. The number of methoxy groups -OCH3 is 1. The lowest BCUT2D eigenvalue weighted by molar-refractivity contribution is -0.138. The molecule has 0 bridgehead atoms. The molecule has 1 unspecified atom stereocenters. The fourth-order valence-corrected chi connectivity index (χ4v) is 3.74. The summed E-state index contributed by atoms with van der Waals surface area (Å²) < 4.78 is 5.31. The minimum absolute atomic E-state index is 0.190. The number of hydrogen-bond donors (Lipinski definition) is 0. The molecule has 150 valence electrons. The number of hydrogen-bond acceptors (Lipinski definition) is 4. The van der Waals surface area contributed by atoms with E-state index >= 15 is 0 Å². The van der Waals surface area contributed by atoms with Crippen LogP contribution in [0.1, 0.15) is 22.7 Å². The maximum Gasteiger partial charge on any atom is 0.244 e. The number of ether oxygens (including phenoxy) is 1. The molecule has 0 saturated carbocycles. The average molecular weight is 382 g/mol. The van der Waals surface area contributed by atoms with E-state index in [1.165, 1.54) is 11.1 Å². The summed E-state index contributed by atoms with van der Waals surface area (Å²) in [6, 6.07) is 16.2. The summed E-state index contributed by atoms with van der Waals surface area (Å²) in [5.74, 6) is 1.08. The molecule has 0 radical (unpaired) electrons. The van der Waals surface area contributed by atoms with Gasteiger partial charge in [0.2, 0.25) is 5.91 Å². The number of likely N-dealkylation sites (N-methyl/N-ethyl adjacent to an activating group) is 1. The summed E-state index contributed by atoms with van der Waals surface area (Å²) in [7, 11) is 5.64. The Morgan fingerprint density at radius 1 is 1.07 bits per heavy atom. The highest BCUT2D eigenvalue weighted by Crippen LogP contribution is 2.23. The smallest absolute Gasteiger partial charge is 0.244 e. The molecule has 28 heavy (non-hydrogen) atoms. The van der Waals surface area contributed by atoms with Gasteiger partial charge in [0.15, 0.2) is 0 Å². The van der Waals surface area contributed by atoms with E-state index in [9.17, 15) is 4.79 Å². The molecule has 1 heterocycles. The van der Waals surface area contributed by atoms with Gasteiger partial charge in [0.25, 0.3) is 0 Å². The molecular weight excluding hydrogens is 350 g/mol. The number of benzene rings is 2. The minimum Gasteiger partial charge on any atom is -0.497 e. The molecule has 2 aromatic carbocycles. The van der Waals surface area contributed by atoms with E-state index in [0.717, 1.165) is 44.0 Å². The molecule has 1 aliphatic heterocycles. The molecule has 3 rings (SSSR count). The van der Waals surface area contributed by atoms with E-state index in [1.807, 2.05) is 36.0 Å². The Morgan fingerprint density at radius 3 is 2.36 bits per heavy atom. The van der Waals surface area contributed by atoms with Crippen molar-refractivity contribution in [2.45, 2.75) is 19.5 Å². The quantitative estimate of drug-likeness (QED) is 0.771. The highest BCUT2D eigenvalue weighted by Gasteiger charge is 2.30. The minimum atomic E-state index is -0.231. The van der Waals surface area contributed by atoms with Crippen molar-refractivity contribution in [3.05, 3.63) is 65.2 Å². The van der Waals surface area contributed by atoms with Gasteiger partial charge in [-0.25, -0.2) is 0 Å². The van der Waals surface area contributed by atoms with Gasteiger partial charge in [0.05, 0.1) is 7.11 Å². The van der Waals surface area contributed by atoms with E-state index in [-0.39, 0.29) is 11.9 Å². The van der Waals surface area contributed by atoms with Crippen molar-refractivity contribution in [3.63, 3.8) is 0 Å². The maximum atomic E-state index is 13.2. The van der Waals surface area contributed by atoms with Gasteiger partial charge in [-0.2, -0.15) is 0 Å². The summed E-state index contributed by atoms with van der Waals surface area (Å²) in [5.41, 5.74) is 3.50. The lowest BCUT2D eigenvalue weighted by Crippen LogP contribution is -2.51. The zero-order chi connectivity index (χ0) is 20.1. The molecule has 1 fully saturated rings. The summed E-state index contributed by atoms with van der Waals surface area (Å²) >= 11 is 0. The third-order valence-electron chi connectivity index (χ3n) is 5.37. The molecular formula is C23H31N3O2. The first kappa shape index (κ1) is 20.4. The Labute approximate surface area is 168 Å². The van der Waals surface area contributed by atoms with Gasteiger partial charge < -0.3 is 9.64 Å². The van der Waals surface area contributed by atoms with Crippen molar-refractivity contribution in [1.29, 1.82) is 0 Å². The van der Waals surface area contributed by atoms with E-state index in [0.29, 0.717) is 0 Å². The van der Waals surface area contributed by atoms with E-state index in [1.54, 1.807) is 7.11 Å². The van der Waals surface area contributed by atoms with Gasteiger partial charge in [-0.15, -0.1) is 0 Å². The molecule has 0 aliphatic carbocycles. The predicted molar refractivity (Wildman–Crippen MR) is 112 cm³/mol. The first-order valence-electron chi connectivity index (χ1n) is 9.85. The van der Waals surface area contributed by atoms with Crippen molar-refractivity contribution in [2.75, 3.05) is 47.4 Å². The zero-order valence-corrected chi connectivity index (χ0v) is 17.4. The number of piperazine rings is 1. The normalized spacial score (nSPS) is 16.2. The van der Waals surface area contributed by atoms with Gasteiger partial charge in [-0.3, -0.25) is 14.6 Å². The molecule has 1 saturated heterocycles. The summed E-state index contributed by atoms with van der Waals surface area (Å²) in [5, 5.41) is 0. The lowest BCUT2D eigenvalue weighted by atomic mass is 10.0. The Bertz CT molecular complexity index is 781. The third kappa shape index (κ3) is 4.91. The SMILES string of the molecule is COc1cccc(CN2CCN(C(=O)C(c3ccc(C)cc3)N(C)C)CC2)c1. The number of carbonyl (C=O) groups is 1. The van der Waals surface area contributed by atoms with Crippen LogP contribution in [0.2, 0.25) is 0 Å². The van der Waals surface area contributed by atoms with Crippen LogP contribution < -0.4 is 4.74 Å². The monoisotopic (exact) mass is 381 g/mol. The standard InChI is InChI=1S/C23H31N3O2/c1-18-8-10-20(11-9-18)22(24(2)3)23(27)26-14-12-25(13-15-26)17-19-6-5-7-21(16-19)28-4/h5-11,16,22H,12-15,17H2,1-4H3. The first-order valence-corrected chi connectivity index (χ1v) is 9.85. The van der Waals surface area contributed by atoms with Crippen LogP contribution in [0.15, 0.2) is 48.5 Å². The molecule has 1 aliphatic rings. The molecule has 0 spiro atoms. The highest BCUT2D eigenvalue weighted by atomic mass is 16.5. The topological polar surface area (TPSA) is 36.0 Å². The van der Waals surface area contributed by atoms with Gasteiger partial charge >= 0.3 is 0 Å². The molecule has 1 amide bonds. The number of rotatable bonds is 6. The maximum absolute atomic E-state index is 13.2. The second kappa shape index (κ2) is 9.22. The average Bonchev–Trinajstić information content (AvgIpc) is 2.70. The van der Waals surface area contributed by atoms with Crippen LogP contribution in [-0.4, -0.2) is 68.0 Å². The zero-order valence-electron chi connectivity index (χ0n) is 17.4. The van der Waals surface area contributed by atoms with Crippen LogP contribution in [0, 0.1) is 6.92 Å². The highest BCUT2D eigenvalue weighted by molar-refractivity contribution is 5.83. The lowest BCUT2D eigenvalue weighted by Gasteiger charge is -2.37. The van der Waals surface area contributed by atoms with Crippen LogP contribution >= 0.6 is 0 Å². The second-order valence-corrected chi connectivity index (χ2v) is 7.73. The molecule has 5 nitrogen and oxygen atoms in total. The fraction of sp³-hybridized carbons (Fsp3) is 0.435. The van der Waals surface area contributed by atoms with Crippen molar-refractivity contribution in [3.8, 4) is 5.75 Å². The van der Waals surface area contributed by atoms with Crippen LogP contribution in [-0.2, 0) is 11.3 Å². The van der Waals surface area contributed by atoms with Crippen LogP contribution in [0.25, 0.3) is 0 Å². The van der Waals surface area contributed by atoms with Crippen molar-refractivity contribution < 1.29 is 9.53 Å². The Balaban J connectivity index is 1.61. The van der Waals surface area contributed by atoms with E-state index < -0.39 is 0 Å². The van der Waals surface area contributed by atoms with Gasteiger partial charge in [-0.1, -0.05) is 42.0 Å².